The average molecular weight is 348 g/mol. The second kappa shape index (κ2) is 8.19. The second-order valence-electron chi connectivity index (χ2n) is 5.65. The van der Waals surface area contributed by atoms with Crippen LogP contribution in [-0.4, -0.2) is 39.6 Å². The number of hydrogen-bond donors (Lipinski definition) is 1. The minimum Gasteiger partial charge on any atom is -0.497 e. The standard InChI is InChI=1S/C17H24N4O2S/c1-6-18-16(22)12(4)24-17-20-19-15(21(17)11(2)3)13-7-9-14(23-5)10-8-13/h7-12H,6H2,1-5H3,(H,18,22)/t12-/m0/s1. The van der Waals surface area contributed by atoms with E-state index >= 15 is 0 Å². The Labute approximate surface area is 147 Å². The van der Waals surface area contributed by atoms with Gasteiger partial charge in [-0.3, -0.25) is 9.36 Å². The van der Waals surface area contributed by atoms with Crippen molar-refractivity contribution in [3.63, 3.8) is 0 Å². The SMILES string of the molecule is CCNC(=O)[C@H](C)Sc1nnc(-c2ccc(OC)cc2)n1C(C)C. The van der Waals surface area contributed by atoms with Gasteiger partial charge in [0, 0.05) is 18.2 Å². The van der Waals surface area contributed by atoms with E-state index in [0.29, 0.717) is 6.54 Å². The van der Waals surface area contributed by atoms with E-state index in [9.17, 15) is 4.79 Å². The fourth-order valence-corrected chi connectivity index (χ4v) is 3.29. The highest BCUT2D eigenvalue weighted by Gasteiger charge is 2.21. The molecule has 130 valence electrons. The first-order valence-corrected chi connectivity index (χ1v) is 8.89. The molecule has 0 saturated heterocycles. The maximum atomic E-state index is 12.0. The first-order valence-electron chi connectivity index (χ1n) is 8.01. The number of methoxy groups -OCH3 is 1. The Kier molecular flexibility index (Phi) is 6.25. The molecule has 1 heterocycles. The van der Waals surface area contributed by atoms with E-state index in [-0.39, 0.29) is 17.2 Å². The van der Waals surface area contributed by atoms with Crippen molar-refractivity contribution in [2.24, 2.45) is 0 Å². The first kappa shape index (κ1) is 18.3. The maximum Gasteiger partial charge on any atom is 0.233 e. The van der Waals surface area contributed by atoms with Crippen LogP contribution in [0.1, 0.15) is 33.7 Å². The number of thioether (sulfide) groups is 1. The van der Waals surface area contributed by atoms with E-state index in [2.05, 4.69) is 33.9 Å². The summed E-state index contributed by atoms with van der Waals surface area (Å²) in [6.45, 7) is 8.57. The predicted molar refractivity (Wildman–Crippen MR) is 96.4 cm³/mol. The minimum atomic E-state index is -0.227. The smallest absolute Gasteiger partial charge is 0.233 e. The molecular formula is C17H24N4O2S. The van der Waals surface area contributed by atoms with Crippen LogP contribution in [0.3, 0.4) is 0 Å². The van der Waals surface area contributed by atoms with Crippen molar-refractivity contribution in [1.29, 1.82) is 0 Å². The zero-order valence-corrected chi connectivity index (χ0v) is 15.6. The van der Waals surface area contributed by atoms with Crippen molar-refractivity contribution in [3.05, 3.63) is 24.3 Å². The topological polar surface area (TPSA) is 69.0 Å². The lowest BCUT2D eigenvalue weighted by Gasteiger charge is -2.16. The highest BCUT2D eigenvalue weighted by molar-refractivity contribution is 8.00. The van der Waals surface area contributed by atoms with Gasteiger partial charge < -0.3 is 10.1 Å². The lowest BCUT2D eigenvalue weighted by molar-refractivity contribution is -0.120. The monoisotopic (exact) mass is 348 g/mol. The zero-order valence-electron chi connectivity index (χ0n) is 14.7. The summed E-state index contributed by atoms with van der Waals surface area (Å²) in [6, 6.07) is 7.91. The summed E-state index contributed by atoms with van der Waals surface area (Å²) >= 11 is 1.42. The molecule has 0 aliphatic carbocycles. The summed E-state index contributed by atoms with van der Waals surface area (Å²) in [6.07, 6.45) is 0. The van der Waals surface area contributed by atoms with Gasteiger partial charge in [0.15, 0.2) is 11.0 Å². The molecule has 1 atom stereocenters. The average Bonchev–Trinajstić information content (AvgIpc) is 2.99. The summed E-state index contributed by atoms with van der Waals surface area (Å²) in [5.74, 6) is 1.60. The van der Waals surface area contributed by atoms with Gasteiger partial charge in [0.1, 0.15) is 5.75 Å². The summed E-state index contributed by atoms with van der Waals surface area (Å²) in [7, 11) is 1.64. The molecule has 0 fully saturated rings. The number of ether oxygens (including phenoxy) is 1. The highest BCUT2D eigenvalue weighted by atomic mass is 32.2. The third-order valence-corrected chi connectivity index (χ3v) is 4.59. The van der Waals surface area contributed by atoms with Gasteiger partial charge in [0.2, 0.25) is 5.91 Å². The lowest BCUT2D eigenvalue weighted by Crippen LogP contribution is -2.30. The number of carbonyl (C=O) groups is 1. The third-order valence-electron chi connectivity index (χ3n) is 3.53. The van der Waals surface area contributed by atoms with E-state index in [1.165, 1.54) is 11.8 Å². The van der Waals surface area contributed by atoms with Crippen molar-refractivity contribution in [2.45, 2.75) is 44.1 Å². The fraction of sp³-hybridized carbons (Fsp3) is 0.471. The molecule has 0 bridgehead atoms. The largest absolute Gasteiger partial charge is 0.497 e. The molecule has 2 rings (SSSR count). The minimum absolute atomic E-state index is 0.00630. The quantitative estimate of drug-likeness (QED) is 0.779. The van der Waals surface area contributed by atoms with E-state index in [1.807, 2.05) is 38.1 Å². The predicted octanol–water partition coefficient (Wildman–Crippen LogP) is 3.15. The molecule has 0 radical (unpaired) electrons. The Balaban J connectivity index is 2.31. The molecule has 1 aromatic carbocycles. The Hall–Kier alpha value is -2.02. The van der Waals surface area contributed by atoms with Gasteiger partial charge in [-0.2, -0.15) is 0 Å². The molecule has 0 aliphatic heterocycles. The summed E-state index contributed by atoms with van der Waals surface area (Å²) in [5.41, 5.74) is 0.967. The van der Waals surface area contributed by atoms with E-state index in [1.54, 1.807) is 7.11 Å². The normalized spacial score (nSPS) is 12.2. The Morgan fingerprint density at radius 1 is 1.25 bits per heavy atom. The third kappa shape index (κ3) is 4.08. The van der Waals surface area contributed by atoms with Gasteiger partial charge in [0.25, 0.3) is 0 Å². The lowest BCUT2D eigenvalue weighted by atomic mass is 10.2. The molecular weight excluding hydrogens is 324 g/mol. The molecule has 1 N–H and O–H groups in total. The van der Waals surface area contributed by atoms with Gasteiger partial charge in [-0.05, 0) is 52.0 Å². The van der Waals surface area contributed by atoms with E-state index in [0.717, 1.165) is 22.3 Å². The van der Waals surface area contributed by atoms with Crippen LogP contribution in [0.5, 0.6) is 5.75 Å². The van der Waals surface area contributed by atoms with Crippen molar-refractivity contribution < 1.29 is 9.53 Å². The van der Waals surface area contributed by atoms with Crippen LogP contribution in [0, 0.1) is 0 Å². The number of rotatable bonds is 7. The first-order chi connectivity index (χ1) is 11.5. The van der Waals surface area contributed by atoms with Crippen molar-refractivity contribution in [2.75, 3.05) is 13.7 Å². The number of nitrogens with one attached hydrogen (secondary N) is 1. The van der Waals surface area contributed by atoms with Crippen LogP contribution < -0.4 is 10.1 Å². The highest BCUT2D eigenvalue weighted by Crippen LogP contribution is 2.30. The zero-order chi connectivity index (χ0) is 17.7. The van der Waals surface area contributed by atoms with Crippen LogP contribution in [0.15, 0.2) is 29.4 Å². The molecule has 0 spiro atoms. The van der Waals surface area contributed by atoms with Crippen LogP contribution in [0.2, 0.25) is 0 Å². The van der Waals surface area contributed by atoms with Crippen molar-refractivity contribution >= 4 is 17.7 Å². The molecule has 2 aromatic rings. The fourth-order valence-electron chi connectivity index (χ4n) is 2.29. The van der Waals surface area contributed by atoms with Crippen LogP contribution >= 0.6 is 11.8 Å². The number of hydrogen-bond acceptors (Lipinski definition) is 5. The van der Waals surface area contributed by atoms with Gasteiger partial charge >= 0.3 is 0 Å². The molecule has 6 nitrogen and oxygen atoms in total. The van der Waals surface area contributed by atoms with Gasteiger partial charge in [-0.1, -0.05) is 11.8 Å². The van der Waals surface area contributed by atoms with E-state index < -0.39 is 0 Å². The number of carbonyl (C=O) groups excluding carboxylic acids is 1. The molecule has 1 amide bonds. The van der Waals surface area contributed by atoms with Gasteiger partial charge in [-0.25, -0.2) is 0 Å². The molecule has 0 aliphatic rings. The van der Waals surface area contributed by atoms with E-state index in [4.69, 9.17) is 4.74 Å². The Bertz CT molecular complexity index is 682. The van der Waals surface area contributed by atoms with Crippen molar-refractivity contribution in [1.82, 2.24) is 20.1 Å². The molecule has 1 aromatic heterocycles. The molecule has 7 heteroatoms. The van der Waals surface area contributed by atoms with Crippen molar-refractivity contribution in [3.8, 4) is 17.1 Å². The van der Waals surface area contributed by atoms with Gasteiger partial charge in [0.05, 0.1) is 12.4 Å². The molecule has 0 unspecified atom stereocenters. The van der Waals surface area contributed by atoms with Crippen LogP contribution in [-0.2, 0) is 4.79 Å². The number of amides is 1. The van der Waals surface area contributed by atoms with Crippen LogP contribution in [0.25, 0.3) is 11.4 Å². The number of aromatic nitrogens is 3. The summed E-state index contributed by atoms with van der Waals surface area (Å²) in [4.78, 5) is 12.0. The van der Waals surface area contributed by atoms with Gasteiger partial charge in [-0.15, -0.1) is 10.2 Å². The number of nitrogens with zero attached hydrogens (tertiary/aromatic N) is 3. The maximum absolute atomic E-state index is 12.0. The number of benzene rings is 1. The Morgan fingerprint density at radius 3 is 2.46 bits per heavy atom. The second-order valence-corrected chi connectivity index (χ2v) is 6.96. The molecule has 24 heavy (non-hydrogen) atoms. The molecule has 0 saturated carbocycles. The Morgan fingerprint density at radius 2 is 1.92 bits per heavy atom. The summed E-state index contributed by atoms with van der Waals surface area (Å²) < 4.78 is 7.26. The van der Waals surface area contributed by atoms with Crippen LogP contribution in [0.4, 0.5) is 0 Å². The summed E-state index contributed by atoms with van der Waals surface area (Å²) in [5, 5.41) is 12.0.